The van der Waals surface area contributed by atoms with Crippen molar-refractivity contribution in [2.45, 2.75) is 32.6 Å². The Morgan fingerprint density at radius 2 is 1.77 bits per heavy atom. The lowest BCUT2D eigenvalue weighted by Gasteiger charge is -2.46. The maximum absolute atomic E-state index is 12.2. The molecule has 0 aromatic heterocycles. The predicted molar refractivity (Wildman–Crippen MR) is 86.3 cm³/mol. The third kappa shape index (κ3) is 3.65. The summed E-state index contributed by atoms with van der Waals surface area (Å²) in [5, 5.41) is 0. The summed E-state index contributed by atoms with van der Waals surface area (Å²) in [6.07, 6.45) is 5.60. The molecular formula is C16H28N2O3S. The van der Waals surface area contributed by atoms with E-state index in [1.807, 2.05) is 4.90 Å². The summed E-state index contributed by atoms with van der Waals surface area (Å²) < 4.78 is 23.3. The fourth-order valence-electron chi connectivity index (χ4n) is 4.08. The van der Waals surface area contributed by atoms with Gasteiger partial charge in [-0.15, -0.1) is 0 Å². The predicted octanol–water partition coefficient (Wildman–Crippen LogP) is 1.00. The van der Waals surface area contributed by atoms with Crippen LogP contribution in [-0.4, -0.2) is 68.9 Å². The molecule has 1 amide bonds. The molecule has 2 unspecified atom stereocenters. The van der Waals surface area contributed by atoms with Crippen molar-refractivity contribution in [2.24, 2.45) is 17.3 Å². The fraction of sp³-hybridized carbons (Fsp3) is 0.938. The molecule has 1 aliphatic heterocycles. The van der Waals surface area contributed by atoms with Crippen LogP contribution in [0.5, 0.6) is 0 Å². The fourth-order valence-corrected chi connectivity index (χ4v) is 5.57. The Morgan fingerprint density at radius 1 is 1.18 bits per heavy atom. The van der Waals surface area contributed by atoms with Gasteiger partial charge in [-0.3, -0.25) is 9.69 Å². The molecule has 2 aliphatic carbocycles. The molecule has 3 rings (SSSR count). The lowest BCUT2D eigenvalue weighted by molar-refractivity contribution is -0.134. The third-order valence-electron chi connectivity index (χ3n) is 5.65. The summed E-state index contributed by atoms with van der Waals surface area (Å²) in [5.41, 5.74) is -0.0230. The Morgan fingerprint density at radius 3 is 2.18 bits per heavy atom. The highest BCUT2D eigenvalue weighted by atomic mass is 32.2. The van der Waals surface area contributed by atoms with Crippen LogP contribution in [0.3, 0.4) is 0 Å². The standard InChI is InChI=1S/C16H28N2O3S/c1-13-10-14(13)15(19)18-8-6-17(7-9-18)11-16(4-3-5-16)12-22(2,20)21/h13-14H,3-12H2,1-2H3. The second-order valence-corrected chi connectivity index (χ2v) is 9.98. The molecule has 0 spiro atoms. The number of nitrogens with zero attached hydrogens (tertiary/aromatic N) is 2. The third-order valence-corrected chi connectivity index (χ3v) is 6.79. The van der Waals surface area contributed by atoms with Crippen LogP contribution in [0.15, 0.2) is 0 Å². The van der Waals surface area contributed by atoms with E-state index in [1.165, 1.54) is 6.26 Å². The van der Waals surface area contributed by atoms with Gasteiger partial charge in [-0.1, -0.05) is 13.3 Å². The van der Waals surface area contributed by atoms with Gasteiger partial charge in [0.2, 0.25) is 5.91 Å². The van der Waals surface area contributed by atoms with Crippen LogP contribution in [0.4, 0.5) is 0 Å². The average Bonchev–Trinajstić information content (AvgIpc) is 3.12. The smallest absolute Gasteiger partial charge is 0.226 e. The first-order chi connectivity index (χ1) is 10.3. The van der Waals surface area contributed by atoms with Gasteiger partial charge in [0.05, 0.1) is 5.75 Å². The van der Waals surface area contributed by atoms with Gasteiger partial charge in [-0.25, -0.2) is 8.42 Å². The van der Waals surface area contributed by atoms with Crippen molar-refractivity contribution in [3.63, 3.8) is 0 Å². The first-order valence-electron chi connectivity index (χ1n) is 8.47. The second kappa shape index (κ2) is 5.78. The Balaban J connectivity index is 1.50. The van der Waals surface area contributed by atoms with Gasteiger partial charge >= 0.3 is 0 Å². The van der Waals surface area contributed by atoms with Crippen LogP contribution in [0, 0.1) is 17.3 Å². The Hall–Kier alpha value is -0.620. The summed E-state index contributed by atoms with van der Waals surface area (Å²) >= 11 is 0. The van der Waals surface area contributed by atoms with Crippen LogP contribution in [-0.2, 0) is 14.6 Å². The van der Waals surface area contributed by atoms with Gasteiger partial charge in [0.15, 0.2) is 0 Å². The molecule has 5 nitrogen and oxygen atoms in total. The van der Waals surface area contributed by atoms with Crippen molar-refractivity contribution in [3.8, 4) is 0 Å². The Bertz CT molecular complexity index is 534. The first kappa shape index (κ1) is 16.2. The van der Waals surface area contributed by atoms with Gasteiger partial charge in [0, 0.05) is 44.9 Å². The van der Waals surface area contributed by atoms with Crippen molar-refractivity contribution in [1.29, 1.82) is 0 Å². The van der Waals surface area contributed by atoms with E-state index in [4.69, 9.17) is 0 Å². The maximum Gasteiger partial charge on any atom is 0.226 e. The quantitative estimate of drug-likeness (QED) is 0.755. The van der Waals surface area contributed by atoms with Crippen molar-refractivity contribution < 1.29 is 13.2 Å². The summed E-state index contributed by atoms with van der Waals surface area (Å²) in [7, 11) is -2.92. The number of carbonyl (C=O) groups is 1. The second-order valence-electron chi connectivity index (χ2n) is 7.84. The molecule has 22 heavy (non-hydrogen) atoms. The number of piperazine rings is 1. The van der Waals surface area contributed by atoms with Crippen molar-refractivity contribution >= 4 is 15.7 Å². The van der Waals surface area contributed by atoms with E-state index in [0.29, 0.717) is 17.6 Å². The number of amides is 1. The Labute approximate surface area is 134 Å². The number of sulfone groups is 1. The monoisotopic (exact) mass is 328 g/mol. The summed E-state index contributed by atoms with van der Waals surface area (Å²) in [4.78, 5) is 16.6. The molecule has 1 heterocycles. The topological polar surface area (TPSA) is 57.7 Å². The zero-order chi connectivity index (χ0) is 16.0. The summed E-state index contributed by atoms with van der Waals surface area (Å²) in [5.74, 6) is 1.49. The Kier molecular flexibility index (Phi) is 4.27. The molecule has 0 radical (unpaired) electrons. The SMILES string of the molecule is CC1CC1C(=O)N1CCN(CC2(CS(C)(=O)=O)CCC2)CC1. The van der Waals surface area contributed by atoms with E-state index >= 15 is 0 Å². The van der Waals surface area contributed by atoms with Crippen molar-refractivity contribution in [3.05, 3.63) is 0 Å². The van der Waals surface area contributed by atoms with Crippen LogP contribution in [0.1, 0.15) is 32.6 Å². The number of carbonyl (C=O) groups excluding carboxylic acids is 1. The van der Waals surface area contributed by atoms with Gasteiger partial charge in [0.1, 0.15) is 9.84 Å². The van der Waals surface area contributed by atoms with E-state index in [-0.39, 0.29) is 11.3 Å². The van der Waals surface area contributed by atoms with E-state index in [2.05, 4.69) is 11.8 Å². The molecule has 2 atom stereocenters. The minimum Gasteiger partial charge on any atom is -0.340 e. The van der Waals surface area contributed by atoms with E-state index in [9.17, 15) is 13.2 Å². The molecule has 6 heteroatoms. The molecule has 0 N–H and O–H groups in total. The normalized spacial score (nSPS) is 31.6. The zero-order valence-corrected chi connectivity index (χ0v) is 14.6. The van der Waals surface area contributed by atoms with Crippen LogP contribution >= 0.6 is 0 Å². The summed E-state index contributed by atoms with van der Waals surface area (Å²) in [6.45, 7) is 6.40. The molecule has 0 bridgehead atoms. The molecule has 1 saturated heterocycles. The first-order valence-corrected chi connectivity index (χ1v) is 10.5. The molecular weight excluding hydrogens is 300 g/mol. The van der Waals surface area contributed by atoms with E-state index in [0.717, 1.165) is 58.4 Å². The molecule has 126 valence electrons. The van der Waals surface area contributed by atoms with Crippen molar-refractivity contribution in [1.82, 2.24) is 9.80 Å². The molecule has 3 aliphatic rings. The van der Waals surface area contributed by atoms with Gasteiger partial charge in [0.25, 0.3) is 0 Å². The number of rotatable bonds is 5. The number of hydrogen-bond acceptors (Lipinski definition) is 4. The lowest BCUT2D eigenvalue weighted by Crippen LogP contribution is -2.54. The molecule has 0 aromatic rings. The maximum atomic E-state index is 12.2. The number of hydrogen-bond donors (Lipinski definition) is 0. The minimum atomic E-state index is -2.92. The average molecular weight is 328 g/mol. The van der Waals surface area contributed by atoms with Crippen molar-refractivity contribution in [2.75, 3.05) is 44.7 Å². The molecule has 0 aromatic carbocycles. The van der Waals surface area contributed by atoms with Crippen LogP contribution < -0.4 is 0 Å². The largest absolute Gasteiger partial charge is 0.340 e. The molecule has 2 saturated carbocycles. The lowest BCUT2D eigenvalue weighted by atomic mass is 9.70. The van der Waals surface area contributed by atoms with E-state index in [1.54, 1.807) is 0 Å². The zero-order valence-electron chi connectivity index (χ0n) is 13.8. The van der Waals surface area contributed by atoms with Crippen LogP contribution in [0.2, 0.25) is 0 Å². The summed E-state index contributed by atoms with van der Waals surface area (Å²) in [6, 6.07) is 0. The molecule has 3 fully saturated rings. The van der Waals surface area contributed by atoms with Gasteiger partial charge in [-0.2, -0.15) is 0 Å². The highest BCUT2D eigenvalue weighted by molar-refractivity contribution is 7.90. The van der Waals surface area contributed by atoms with E-state index < -0.39 is 9.84 Å². The highest BCUT2D eigenvalue weighted by Gasteiger charge is 2.44. The minimum absolute atomic E-state index is 0.0230. The van der Waals surface area contributed by atoms with Gasteiger partial charge in [-0.05, 0) is 30.6 Å². The van der Waals surface area contributed by atoms with Crippen LogP contribution in [0.25, 0.3) is 0 Å². The van der Waals surface area contributed by atoms with Gasteiger partial charge < -0.3 is 4.90 Å². The highest BCUT2D eigenvalue weighted by Crippen LogP contribution is 2.43.